The molecule has 0 radical (unpaired) electrons. The highest BCUT2D eigenvalue weighted by Crippen LogP contribution is 2.16. The Morgan fingerprint density at radius 1 is 1.33 bits per heavy atom. The molecule has 0 fully saturated rings. The Labute approximate surface area is 126 Å². The average molecular weight is 291 g/mol. The van der Waals surface area contributed by atoms with Crippen molar-refractivity contribution in [3.8, 4) is 0 Å². The monoisotopic (exact) mass is 291 g/mol. The van der Waals surface area contributed by atoms with Gasteiger partial charge in [0.2, 0.25) is 0 Å². The summed E-state index contributed by atoms with van der Waals surface area (Å²) in [5.74, 6) is 0. The molecule has 21 heavy (non-hydrogen) atoms. The van der Waals surface area contributed by atoms with Gasteiger partial charge in [-0.2, -0.15) is 5.10 Å². The Morgan fingerprint density at radius 3 is 2.90 bits per heavy atom. The molecule has 0 unspecified atom stereocenters. The number of hydrogen-bond acceptors (Lipinski definition) is 5. The molecule has 1 N–H and O–H groups in total. The molecular formula is C15H25N5O. The van der Waals surface area contributed by atoms with E-state index in [-0.39, 0.29) is 0 Å². The van der Waals surface area contributed by atoms with Crippen LogP contribution in [0, 0.1) is 6.92 Å². The zero-order valence-corrected chi connectivity index (χ0v) is 13.4. The van der Waals surface area contributed by atoms with Crippen LogP contribution >= 0.6 is 0 Å². The number of fused-ring (bicyclic) bond motifs is 1. The van der Waals surface area contributed by atoms with Crippen LogP contribution in [0.1, 0.15) is 11.3 Å². The number of aryl methyl sites for hydroxylation is 2. The lowest BCUT2D eigenvalue weighted by molar-refractivity contribution is 0.119. The molecule has 2 aromatic heterocycles. The van der Waals surface area contributed by atoms with Crippen LogP contribution in [0.3, 0.4) is 0 Å². The quantitative estimate of drug-likeness (QED) is 0.734. The molecule has 2 rings (SSSR count). The Hall–Kier alpha value is -1.50. The highest BCUT2D eigenvalue weighted by molar-refractivity contribution is 5.78. The summed E-state index contributed by atoms with van der Waals surface area (Å²) in [7, 11) is 6.02. The van der Waals surface area contributed by atoms with E-state index >= 15 is 0 Å². The Kier molecular flexibility index (Phi) is 5.67. The maximum atomic E-state index is 5.54. The van der Waals surface area contributed by atoms with Gasteiger partial charge in [0, 0.05) is 38.3 Å². The van der Waals surface area contributed by atoms with Crippen molar-refractivity contribution in [1.29, 1.82) is 0 Å². The molecule has 2 heterocycles. The standard InChI is InChI=1S/C15H25N5O/c1-12-14-9-13(11-17-15(14)20(4)18-12)10-16-5-7-21-8-6-19(2)3/h9,11,16H,5-8,10H2,1-4H3. The van der Waals surface area contributed by atoms with Crippen LogP contribution in [0.4, 0.5) is 0 Å². The second-order valence-corrected chi connectivity index (χ2v) is 5.52. The van der Waals surface area contributed by atoms with Crippen molar-refractivity contribution >= 4 is 11.0 Å². The van der Waals surface area contributed by atoms with Crippen LogP contribution in [-0.2, 0) is 18.3 Å². The van der Waals surface area contributed by atoms with Gasteiger partial charge >= 0.3 is 0 Å². The van der Waals surface area contributed by atoms with Crippen molar-refractivity contribution in [3.05, 3.63) is 23.5 Å². The van der Waals surface area contributed by atoms with Crippen LogP contribution in [0.5, 0.6) is 0 Å². The van der Waals surface area contributed by atoms with E-state index in [0.717, 1.165) is 49.6 Å². The van der Waals surface area contributed by atoms with Gasteiger partial charge in [0.05, 0.1) is 18.9 Å². The minimum absolute atomic E-state index is 0.732. The van der Waals surface area contributed by atoms with Gasteiger partial charge in [-0.1, -0.05) is 0 Å². The lowest BCUT2D eigenvalue weighted by atomic mass is 10.2. The maximum absolute atomic E-state index is 5.54. The second kappa shape index (κ2) is 7.49. The molecule has 2 aromatic rings. The molecule has 0 aliphatic heterocycles. The topological polar surface area (TPSA) is 55.2 Å². The molecular weight excluding hydrogens is 266 g/mol. The molecule has 0 saturated heterocycles. The van der Waals surface area contributed by atoms with Crippen molar-refractivity contribution in [2.45, 2.75) is 13.5 Å². The molecule has 6 heteroatoms. The second-order valence-electron chi connectivity index (χ2n) is 5.52. The van der Waals surface area contributed by atoms with Crippen LogP contribution in [0.15, 0.2) is 12.3 Å². The predicted molar refractivity (Wildman–Crippen MR) is 84.3 cm³/mol. The minimum Gasteiger partial charge on any atom is -0.379 e. The molecule has 6 nitrogen and oxygen atoms in total. The number of aromatic nitrogens is 3. The first-order valence-corrected chi connectivity index (χ1v) is 7.29. The van der Waals surface area contributed by atoms with E-state index in [0.29, 0.717) is 0 Å². The van der Waals surface area contributed by atoms with Crippen LogP contribution in [0.2, 0.25) is 0 Å². The highest BCUT2D eigenvalue weighted by Gasteiger charge is 2.06. The van der Waals surface area contributed by atoms with Gasteiger partial charge in [-0.3, -0.25) is 4.68 Å². The summed E-state index contributed by atoms with van der Waals surface area (Å²) in [5, 5.41) is 8.88. The number of rotatable bonds is 8. The summed E-state index contributed by atoms with van der Waals surface area (Å²) in [4.78, 5) is 6.59. The first-order chi connectivity index (χ1) is 10.1. The summed E-state index contributed by atoms with van der Waals surface area (Å²) in [6, 6.07) is 2.16. The first-order valence-electron chi connectivity index (χ1n) is 7.29. The highest BCUT2D eigenvalue weighted by atomic mass is 16.5. The van der Waals surface area contributed by atoms with E-state index in [1.54, 1.807) is 0 Å². The SMILES string of the molecule is Cc1nn(C)c2ncc(CNCCOCCN(C)C)cc12. The number of nitrogens with one attached hydrogen (secondary N) is 1. The Morgan fingerprint density at radius 2 is 2.14 bits per heavy atom. The molecule has 0 bridgehead atoms. The predicted octanol–water partition coefficient (Wildman–Crippen LogP) is 0.945. The van der Waals surface area contributed by atoms with Gasteiger partial charge in [-0.25, -0.2) is 4.98 Å². The fourth-order valence-electron chi connectivity index (χ4n) is 2.17. The van der Waals surface area contributed by atoms with Crippen molar-refractivity contribution in [2.75, 3.05) is 40.4 Å². The minimum atomic E-state index is 0.732. The number of hydrogen-bond donors (Lipinski definition) is 1. The zero-order valence-electron chi connectivity index (χ0n) is 13.4. The Bertz CT molecular complexity index is 579. The van der Waals surface area contributed by atoms with Gasteiger partial charge in [0.1, 0.15) is 0 Å². The smallest absolute Gasteiger partial charge is 0.157 e. The van der Waals surface area contributed by atoms with Crippen LogP contribution < -0.4 is 5.32 Å². The van der Waals surface area contributed by atoms with Crippen molar-refractivity contribution in [2.24, 2.45) is 7.05 Å². The molecule has 0 spiro atoms. The molecule has 0 amide bonds. The lowest BCUT2D eigenvalue weighted by Crippen LogP contribution is -2.23. The van der Waals surface area contributed by atoms with Gasteiger partial charge in [-0.15, -0.1) is 0 Å². The van der Waals surface area contributed by atoms with Crippen molar-refractivity contribution in [3.63, 3.8) is 0 Å². The van der Waals surface area contributed by atoms with Crippen LogP contribution in [0.25, 0.3) is 11.0 Å². The molecule has 0 aliphatic rings. The molecule has 116 valence electrons. The summed E-state index contributed by atoms with van der Waals surface area (Å²) in [6.45, 7) is 6.12. The van der Waals surface area contributed by atoms with Gasteiger partial charge in [0.25, 0.3) is 0 Å². The van der Waals surface area contributed by atoms with E-state index < -0.39 is 0 Å². The normalized spacial score (nSPS) is 11.7. The van der Waals surface area contributed by atoms with E-state index in [9.17, 15) is 0 Å². The zero-order chi connectivity index (χ0) is 15.2. The summed E-state index contributed by atoms with van der Waals surface area (Å²) in [5.41, 5.74) is 3.13. The van der Waals surface area contributed by atoms with E-state index in [1.807, 2.05) is 38.9 Å². The van der Waals surface area contributed by atoms with Gasteiger partial charge in [-0.05, 0) is 32.6 Å². The lowest BCUT2D eigenvalue weighted by Gasteiger charge is -2.10. The summed E-state index contributed by atoms with van der Waals surface area (Å²) >= 11 is 0. The molecule has 0 aromatic carbocycles. The number of ether oxygens (including phenoxy) is 1. The van der Waals surface area contributed by atoms with Crippen LogP contribution in [-0.4, -0.2) is 60.1 Å². The number of likely N-dealkylation sites (N-methyl/N-ethyl adjacent to an activating group) is 1. The van der Waals surface area contributed by atoms with Gasteiger partial charge in [0.15, 0.2) is 5.65 Å². The fraction of sp³-hybridized carbons (Fsp3) is 0.600. The van der Waals surface area contributed by atoms with E-state index in [4.69, 9.17) is 4.74 Å². The largest absolute Gasteiger partial charge is 0.379 e. The van der Waals surface area contributed by atoms with Crippen molar-refractivity contribution in [1.82, 2.24) is 25.0 Å². The third kappa shape index (κ3) is 4.49. The summed E-state index contributed by atoms with van der Waals surface area (Å²) < 4.78 is 7.36. The third-order valence-corrected chi connectivity index (χ3v) is 3.35. The fourth-order valence-corrected chi connectivity index (χ4v) is 2.17. The number of nitrogens with zero attached hydrogens (tertiary/aromatic N) is 4. The summed E-state index contributed by atoms with van der Waals surface area (Å²) in [6.07, 6.45) is 1.91. The average Bonchev–Trinajstić information content (AvgIpc) is 2.72. The molecule has 0 atom stereocenters. The van der Waals surface area contributed by atoms with Crippen molar-refractivity contribution < 1.29 is 4.74 Å². The van der Waals surface area contributed by atoms with Gasteiger partial charge < -0.3 is 15.0 Å². The number of pyridine rings is 1. The Balaban J connectivity index is 1.75. The first kappa shape index (κ1) is 15.9. The molecule has 0 saturated carbocycles. The van der Waals surface area contributed by atoms with E-state index in [2.05, 4.69) is 26.4 Å². The van der Waals surface area contributed by atoms with E-state index in [1.165, 1.54) is 5.56 Å². The maximum Gasteiger partial charge on any atom is 0.157 e. The molecule has 0 aliphatic carbocycles. The third-order valence-electron chi connectivity index (χ3n) is 3.35.